The molecule has 2 aromatic rings. The second-order valence-corrected chi connectivity index (χ2v) is 7.79. The van der Waals surface area contributed by atoms with Gasteiger partial charge in [0.15, 0.2) is 0 Å². The van der Waals surface area contributed by atoms with Crippen molar-refractivity contribution < 1.29 is 9.53 Å². The lowest BCUT2D eigenvalue weighted by Crippen LogP contribution is -2.65. The summed E-state index contributed by atoms with van der Waals surface area (Å²) in [5.41, 5.74) is 2.17. The van der Waals surface area contributed by atoms with Crippen LogP contribution in [0.1, 0.15) is 57.7 Å². The number of hydrogen-bond acceptors (Lipinski definition) is 3. The first kappa shape index (κ1) is 17.5. The van der Waals surface area contributed by atoms with Crippen LogP contribution in [0.2, 0.25) is 0 Å². The summed E-state index contributed by atoms with van der Waals surface area (Å²) in [7, 11) is 0. The second-order valence-electron chi connectivity index (χ2n) is 7.79. The van der Waals surface area contributed by atoms with Gasteiger partial charge in [0.25, 0.3) is 0 Å². The number of amides is 1. The number of hydrogen-bond donors (Lipinski definition) is 2. The summed E-state index contributed by atoms with van der Waals surface area (Å²) in [5, 5.41) is 3.31. The molecule has 0 bridgehead atoms. The Morgan fingerprint density at radius 3 is 2.88 bits per heavy atom. The molecule has 0 aliphatic heterocycles. The monoisotopic (exact) mass is 355 g/mol. The molecule has 0 saturated heterocycles. The number of para-hydroxylation sites is 2. The maximum atomic E-state index is 12.5. The molecule has 2 fully saturated rings. The van der Waals surface area contributed by atoms with Crippen molar-refractivity contribution >= 4 is 16.9 Å². The molecule has 1 aromatic carbocycles. The molecule has 140 valence electrons. The van der Waals surface area contributed by atoms with E-state index in [4.69, 9.17) is 4.74 Å². The van der Waals surface area contributed by atoms with Gasteiger partial charge in [0.2, 0.25) is 5.91 Å². The van der Waals surface area contributed by atoms with Gasteiger partial charge in [-0.1, -0.05) is 31.4 Å². The normalized spacial score (nSPS) is 24.5. The van der Waals surface area contributed by atoms with Crippen LogP contribution in [0.15, 0.2) is 24.3 Å². The number of fused-ring (bicyclic) bond motifs is 1. The Kier molecular flexibility index (Phi) is 4.98. The number of nitrogens with one attached hydrogen (secondary N) is 2. The van der Waals surface area contributed by atoms with Crippen molar-refractivity contribution in [3.8, 4) is 0 Å². The average Bonchev–Trinajstić information content (AvgIpc) is 3.09. The van der Waals surface area contributed by atoms with Crippen LogP contribution in [-0.2, 0) is 16.0 Å². The van der Waals surface area contributed by atoms with Crippen LogP contribution < -0.4 is 5.32 Å². The first-order chi connectivity index (χ1) is 12.7. The van der Waals surface area contributed by atoms with Crippen molar-refractivity contribution in [3.05, 3.63) is 30.1 Å². The molecule has 4 rings (SSSR count). The van der Waals surface area contributed by atoms with Gasteiger partial charge in [-0.15, -0.1) is 0 Å². The van der Waals surface area contributed by atoms with Crippen LogP contribution in [0, 0.1) is 5.41 Å². The molecule has 1 heterocycles. The van der Waals surface area contributed by atoms with E-state index in [0.29, 0.717) is 18.9 Å². The van der Waals surface area contributed by atoms with E-state index in [1.807, 2.05) is 24.3 Å². The molecule has 5 nitrogen and oxygen atoms in total. The third kappa shape index (κ3) is 3.25. The number of carbonyl (C=O) groups excluding carboxylic acids is 1. The molecule has 26 heavy (non-hydrogen) atoms. The predicted molar refractivity (Wildman–Crippen MR) is 102 cm³/mol. The van der Waals surface area contributed by atoms with Crippen LogP contribution in [0.25, 0.3) is 11.0 Å². The smallest absolute Gasteiger partial charge is 0.220 e. The summed E-state index contributed by atoms with van der Waals surface area (Å²) < 4.78 is 5.98. The fourth-order valence-corrected chi connectivity index (χ4v) is 4.89. The quantitative estimate of drug-likeness (QED) is 0.829. The Hall–Kier alpha value is -1.88. The van der Waals surface area contributed by atoms with Crippen LogP contribution in [0.3, 0.4) is 0 Å². The Bertz CT molecular complexity index is 730. The summed E-state index contributed by atoms with van der Waals surface area (Å²) in [6, 6.07) is 8.26. The Morgan fingerprint density at radius 2 is 2.12 bits per heavy atom. The Balaban J connectivity index is 1.34. The fourth-order valence-electron chi connectivity index (χ4n) is 4.89. The van der Waals surface area contributed by atoms with E-state index in [1.54, 1.807) is 0 Å². The first-order valence-electron chi connectivity index (χ1n) is 10.1. The summed E-state index contributed by atoms with van der Waals surface area (Å²) in [6.45, 7) is 2.83. The number of aromatic nitrogens is 2. The van der Waals surface area contributed by atoms with E-state index in [2.05, 4.69) is 22.2 Å². The molecule has 2 N–H and O–H groups in total. The van der Waals surface area contributed by atoms with E-state index in [-0.39, 0.29) is 17.4 Å². The van der Waals surface area contributed by atoms with Gasteiger partial charge in [0.1, 0.15) is 5.82 Å². The van der Waals surface area contributed by atoms with Gasteiger partial charge < -0.3 is 15.0 Å². The number of nitrogens with zero attached hydrogens (tertiary/aromatic N) is 1. The van der Waals surface area contributed by atoms with Gasteiger partial charge in [-0.25, -0.2) is 4.98 Å². The minimum absolute atomic E-state index is 0.135. The number of rotatable bonds is 6. The van der Waals surface area contributed by atoms with Crippen molar-refractivity contribution in [3.63, 3.8) is 0 Å². The largest absolute Gasteiger partial charge is 0.378 e. The molecule has 5 heteroatoms. The summed E-state index contributed by atoms with van der Waals surface area (Å²) >= 11 is 0. The zero-order chi connectivity index (χ0) is 18.0. The van der Waals surface area contributed by atoms with Crippen molar-refractivity contribution in [1.82, 2.24) is 15.3 Å². The SMILES string of the molecule is CCOC1CC(NC(=O)CCc2nc3ccccc3[nH]2)C12CCCCC2. The Labute approximate surface area is 154 Å². The zero-order valence-electron chi connectivity index (χ0n) is 15.6. The van der Waals surface area contributed by atoms with Gasteiger partial charge >= 0.3 is 0 Å². The van der Waals surface area contributed by atoms with E-state index in [9.17, 15) is 4.79 Å². The molecular weight excluding hydrogens is 326 g/mol. The summed E-state index contributed by atoms with van der Waals surface area (Å²) in [5.74, 6) is 1.02. The lowest BCUT2D eigenvalue weighted by atomic mass is 9.55. The summed E-state index contributed by atoms with van der Waals surface area (Å²) in [4.78, 5) is 20.4. The highest BCUT2D eigenvalue weighted by atomic mass is 16.5. The lowest BCUT2D eigenvalue weighted by molar-refractivity contribution is -0.157. The van der Waals surface area contributed by atoms with E-state index < -0.39 is 0 Å². The van der Waals surface area contributed by atoms with E-state index in [0.717, 1.165) is 29.9 Å². The van der Waals surface area contributed by atoms with Crippen LogP contribution in [0.4, 0.5) is 0 Å². The molecule has 0 radical (unpaired) electrons. The standard InChI is InChI=1S/C21H29N3O2/c1-2-26-18-14-17(21(18)12-6-3-7-13-21)24-20(25)11-10-19-22-15-8-4-5-9-16(15)23-19/h4-5,8-9,17-18H,2-3,6-7,10-14H2,1H3,(H,22,23)(H,24,25). The van der Waals surface area contributed by atoms with Crippen LogP contribution in [-0.4, -0.2) is 34.6 Å². The third-order valence-corrected chi connectivity index (χ3v) is 6.30. The number of benzene rings is 1. The van der Waals surface area contributed by atoms with Crippen molar-refractivity contribution in [2.75, 3.05) is 6.61 Å². The van der Waals surface area contributed by atoms with E-state index >= 15 is 0 Å². The highest BCUT2D eigenvalue weighted by Crippen LogP contribution is 2.53. The molecule has 1 amide bonds. The third-order valence-electron chi connectivity index (χ3n) is 6.30. The predicted octanol–water partition coefficient (Wildman–Crippen LogP) is 3.74. The molecule has 2 atom stereocenters. The van der Waals surface area contributed by atoms with Crippen LogP contribution in [0.5, 0.6) is 0 Å². The van der Waals surface area contributed by atoms with Gasteiger partial charge in [0.05, 0.1) is 17.1 Å². The lowest BCUT2D eigenvalue weighted by Gasteiger charge is -2.57. The molecule has 1 aromatic heterocycles. The number of H-pyrrole nitrogens is 1. The average molecular weight is 355 g/mol. The van der Waals surface area contributed by atoms with Gasteiger partial charge in [0, 0.05) is 30.9 Å². The van der Waals surface area contributed by atoms with Crippen molar-refractivity contribution in [2.45, 2.75) is 70.4 Å². The van der Waals surface area contributed by atoms with Gasteiger partial charge in [-0.05, 0) is 38.3 Å². The molecule has 2 aliphatic rings. The summed E-state index contributed by atoms with van der Waals surface area (Å²) in [6.07, 6.45) is 8.62. The number of aromatic amines is 1. The molecule has 1 spiro atoms. The molecule has 2 saturated carbocycles. The number of aryl methyl sites for hydroxylation is 1. The molecule has 2 aliphatic carbocycles. The first-order valence-corrected chi connectivity index (χ1v) is 10.1. The van der Waals surface area contributed by atoms with Crippen molar-refractivity contribution in [1.29, 1.82) is 0 Å². The minimum atomic E-state index is 0.135. The molecular formula is C21H29N3O2. The second kappa shape index (κ2) is 7.39. The van der Waals surface area contributed by atoms with Crippen molar-refractivity contribution in [2.24, 2.45) is 5.41 Å². The highest BCUT2D eigenvalue weighted by Gasteiger charge is 2.55. The Morgan fingerprint density at radius 1 is 1.31 bits per heavy atom. The zero-order valence-corrected chi connectivity index (χ0v) is 15.6. The number of ether oxygens (including phenoxy) is 1. The van der Waals surface area contributed by atoms with Gasteiger partial charge in [-0.3, -0.25) is 4.79 Å². The number of carbonyl (C=O) groups is 1. The maximum absolute atomic E-state index is 12.5. The van der Waals surface area contributed by atoms with Crippen LogP contribution >= 0.6 is 0 Å². The number of imidazole rings is 1. The fraction of sp³-hybridized carbons (Fsp3) is 0.619. The topological polar surface area (TPSA) is 67.0 Å². The highest BCUT2D eigenvalue weighted by molar-refractivity contribution is 5.77. The molecule has 2 unspecified atom stereocenters. The van der Waals surface area contributed by atoms with E-state index in [1.165, 1.54) is 32.1 Å². The maximum Gasteiger partial charge on any atom is 0.220 e. The minimum Gasteiger partial charge on any atom is -0.378 e. The van der Waals surface area contributed by atoms with Gasteiger partial charge in [-0.2, -0.15) is 0 Å².